The van der Waals surface area contributed by atoms with Gasteiger partial charge in [0.15, 0.2) is 6.23 Å². The van der Waals surface area contributed by atoms with Gasteiger partial charge in [0.2, 0.25) is 0 Å². The van der Waals surface area contributed by atoms with E-state index >= 15 is 0 Å². The van der Waals surface area contributed by atoms with Crippen LogP contribution in [0.3, 0.4) is 0 Å². The monoisotopic (exact) mass is 419 g/mol. The van der Waals surface area contributed by atoms with Crippen LogP contribution in [0.2, 0.25) is 0 Å². The summed E-state index contributed by atoms with van der Waals surface area (Å²) in [5.41, 5.74) is 3.88. The first kappa shape index (κ1) is 19.7. The maximum atomic E-state index is 12.2. The number of rotatable bonds is 5. The SMILES string of the molecule is Cc1ccc2nc(-c3ccc(NC(=O)NC(C)Oc4ccc(O)cc4)cc3)sc2c1. The Hall–Kier alpha value is -3.58. The lowest BCUT2D eigenvalue weighted by atomic mass is 10.2. The van der Waals surface area contributed by atoms with E-state index in [0.717, 1.165) is 20.8 Å². The molecule has 0 aliphatic carbocycles. The number of thiazole rings is 1. The Bertz CT molecular complexity index is 1170. The summed E-state index contributed by atoms with van der Waals surface area (Å²) in [4.78, 5) is 16.9. The maximum absolute atomic E-state index is 12.2. The Balaban J connectivity index is 1.36. The summed E-state index contributed by atoms with van der Waals surface area (Å²) in [5.74, 6) is 0.709. The minimum Gasteiger partial charge on any atom is -0.508 e. The number of fused-ring (bicyclic) bond motifs is 1. The highest BCUT2D eigenvalue weighted by Gasteiger charge is 2.10. The van der Waals surface area contributed by atoms with E-state index in [9.17, 15) is 9.90 Å². The highest BCUT2D eigenvalue weighted by atomic mass is 32.1. The topological polar surface area (TPSA) is 83.5 Å². The van der Waals surface area contributed by atoms with Gasteiger partial charge in [-0.05, 0) is 80.1 Å². The number of aromatic hydroxyl groups is 1. The third-order valence-corrected chi connectivity index (χ3v) is 5.48. The highest BCUT2D eigenvalue weighted by Crippen LogP contribution is 2.31. The molecule has 0 saturated heterocycles. The highest BCUT2D eigenvalue weighted by molar-refractivity contribution is 7.21. The van der Waals surface area contributed by atoms with Crippen LogP contribution in [-0.2, 0) is 0 Å². The second kappa shape index (κ2) is 8.42. The van der Waals surface area contributed by atoms with E-state index < -0.39 is 6.23 Å². The van der Waals surface area contributed by atoms with Crippen molar-refractivity contribution in [2.75, 3.05) is 5.32 Å². The lowest BCUT2D eigenvalue weighted by molar-refractivity contribution is 0.183. The van der Waals surface area contributed by atoms with Crippen molar-refractivity contribution in [3.63, 3.8) is 0 Å². The van der Waals surface area contributed by atoms with Gasteiger partial charge in [-0.3, -0.25) is 0 Å². The zero-order valence-electron chi connectivity index (χ0n) is 16.5. The van der Waals surface area contributed by atoms with Gasteiger partial charge in [-0.2, -0.15) is 0 Å². The van der Waals surface area contributed by atoms with Crippen LogP contribution in [0.4, 0.5) is 10.5 Å². The van der Waals surface area contributed by atoms with Gasteiger partial charge in [0.05, 0.1) is 10.2 Å². The lowest BCUT2D eigenvalue weighted by Gasteiger charge is -2.16. The first-order valence-corrected chi connectivity index (χ1v) is 10.3. The van der Waals surface area contributed by atoms with E-state index in [1.807, 2.05) is 30.3 Å². The number of phenolic OH excluding ortho intramolecular Hbond substituents is 1. The van der Waals surface area contributed by atoms with Crippen molar-refractivity contribution in [3.05, 3.63) is 72.3 Å². The molecule has 3 N–H and O–H groups in total. The second-order valence-corrected chi connectivity index (χ2v) is 7.95. The Morgan fingerprint density at radius 3 is 2.53 bits per heavy atom. The number of ether oxygens (including phenoxy) is 1. The van der Waals surface area contributed by atoms with E-state index in [-0.39, 0.29) is 11.8 Å². The van der Waals surface area contributed by atoms with Crippen molar-refractivity contribution in [2.45, 2.75) is 20.1 Å². The Morgan fingerprint density at radius 2 is 1.80 bits per heavy atom. The molecular weight excluding hydrogens is 398 g/mol. The van der Waals surface area contributed by atoms with Gasteiger partial charge in [0, 0.05) is 11.3 Å². The zero-order chi connectivity index (χ0) is 21.1. The van der Waals surface area contributed by atoms with Crippen molar-refractivity contribution in [3.8, 4) is 22.1 Å². The molecule has 3 aromatic carbocycles. The molecule has 0 aliphatic rings. The van der Waals surface area contributed by atoms with E-state index in [4.69, 9.17) is 4.74 Å². The van der Waals surface area contributed by atoms with Gasteiger partial charge in [-0.25, -0.2) is 9.78 Å². The number of phenols is 1. The number of aromatic nitrogens is 1. The molecule has 6 nitrogen and oxygen atoms in total. The number of carbonyl (C=O) groups is 1. The van der Waals surface area contributed by atoms with Crippen LogP contribution in [0.5, 0.6) is 11.5 Å². The molecule has 0 aliphatic heterocycles. The van der Waals surface area contributed by atoms with Gasteiger partial charge in [0.25, 0.3) is 0 Å². The molecule has 4 aromatic rings. The lowest BCUT2D eigenvalue weighted by Crippen LogP contribution is -2.39. The van der Waals surface area contributed by atoms with Crippen LogP contribution in [0.1, 0.15) is 12.5 Å². The van der Waals surface area contributed by atoms with Crippen molar-refractivity contribution in [2.24, 2.45) is 0 Å². The largest absolute Gasteiger partial charge is 0.508 e. The molecule has 1 heterocycles. The zero-order valence-corrected chi connectivity index (χ0v) is 17.4. The fourth-order valence-electron chi connectivity index (χ4n) is 2.96. The second-order valence-electron chi connectivity index (χ2n) is 6.92. The van der Waals surface area contributed by atoms with Crippen LogP contribution < -0.4 is 15.4 Å². The van der Waals surface area contributed by atoms with Gasteiger partial charge in [-0.15, -0.1) is 11.3 Å². The van der Waals surface area contributed by atoms with Crippen molar-refractivity contribution >= 4 is 33.3 Å². The molecule has 2 amide bonds. The number of anilines is 1. The first-order chi connectivity index (χ1) is 14.5. The Labute approximate surface area is 178 Å². The average molecular weight is 420 g/mol. The van der Waals surface area contributed by atoms with Crippen LogP contribution in [0.15, 0.2) is 66.7 Å². The number of carbonyl (C=O) groups excluding carboxylic acids is 1. The molecule has 0 radical (unpaired) electrons. The number of aryl methyl sites for hydroxylation is 1. The first-order valence-electron chi connectivity index (χ1n) is 9.47. The van der Waals surface area contributed by atoms with Gasteiger partial charge < -0.3 is 20.5 Å². The predicted molar refractivity (Wildman–Crippen MR) is 120 cm³/mol. The molecule has 30 heavy (non-hydrogen) atoms. The predicted octanol–water partition coefficient (Wildman–Crippen LogP) is 5.52. The van der Waals surface area contributed by atoms with Crippen molar-refractivity contribution in [1.29, 1.82) is 0 Å². The van der Waals surface area contributed by atoms with Gasteiger partial charge in [-0.1, -0.05) is 6.07 Å². The third-order valence-electron chi connectivity index (χ3n) is 4.42. The minimum absolute atomic E-state index is 0.158. The summed E-state index contributed by atoms with van der Waals surface area (Å²) >= 11 is 1.65. The molecule has 152 valence electrons. The Morgan fingerprint density at radius 1 is 1.07 bits per heavy atom. The standard InChI is InChI=1S/C23H21N3O3S/c1-14-3-12-20-21(13-14)30-22(26-20)16-4-6-17(7-5-16)25-23(28)24-15(2)29-19-10-8-18(27)9-11-19/h3-13,15,27H,1-2H3,(H2,24,25,28). The molecule has 0 bridgehead atoms. The molecule has 4 rings (SSSR count). The number of nitrogens with one attached hydrogen (secondary N) is 2. The molecule has 1 unspecified atom stereocenters. The van der Waals surface area contributed by atoms with E-state index in [1.165, 1.54) is 17.7 Å². The molecule has 0 fully saturated rings. The van der Waals surface area contributed by atoms with E-state index in [1.54, 1.807) is 30.4 Å². The summed E-state index contributed by atoms with van der Waals surface area (Å²) in [5, 5.41) is 15.8. The van der Waals surface area contributed by atoms with Crippen LogP contribution in [0.25, 0.3) is 20.8 Å². The molecule has 1 aromatic heterocycles. The minimum atomic E-state index is -0.542. The summed E-state index contributed by atoms with van der Waals surface area (Å²) in [6.07, 6.45) is -0.542. The van der Waals surface area contributed by atoms with E-state index in [0.29, 0.717) is 11.4 Å². The number of amides is 2. The normalized spacial score (nSPS) is 11.8. The van der Waals surface area contributed by atoms with Crippen molar-refractivity contribution < 1.29 is 14.6 Å². The molecule has 0 spiro atoms. The number of nitrogens with zero attached hydrogens (tertiary/aromatic N) is 1. The molecule has 7 heteroatoms. The van der Waals surface area contributed by atoms with Crippen LogP contribution in [0, 0.1) is 6.92 Å². The van der Waals surface area contributed by atoms with Gasteiger partial charge >= 0.3 is 6.03 Å². The maximum Gasteiger partial charge on any atom is 0.322 e. The number of benzene rings is 3. The van der Waals surface area contributed by atoms with Crippen LogP contribution >= 0.6 is 11.3 Å². The number of urea groups is 1. The summed E-state index contributed by atoms with van der Waals surface area (Å²) < 4.78 is 6.76. The molecule has 1 atom stereocenters. The average Bonchev–Trinajstić information content (AvgIpc) is 3.13. The Kier molecular flexibility index (Phi) is 5.54. The summed E-state index contributed by atoms with van der Waals surface area (Å²) in [6, 6.07) is 19.7. The van der Waals surface area contributed by atoms with Gasteiger partial charge in [0.1, 0.15) is 16.5 Å². The summed E-state index contributed by atoms with van der Waals surface area (Å²) in [6.45, 7) is 3.80. The molecule has 0 saturated carbocycles. The van der Waals surface area contributed by atoms with Crippen LogP contribution in [-0.4, -0.2) is 22.3 Å². The third kappa shape index (κ3) is 4.69. The molecular formula is C23H21N3O3S. The fraction of sp³-hybridized carbons (Fsp3) is 0.130. The summed E-state index contributed by atoms with van der Waals surface area (Å²) in [7, 11) is 0. The van der Waals surface area contributed by atoms with E-state index in [2.05, 4.69) is 34.7 Å². The number of hydrogen-bond acceptors (Lipinski definition) is 5. The smallest absolute Gasteiger partial charge is 0.322 e. The van der Waals surface area contributed by atoms with Crippen molar-refractivity contribution in [1.82, 2.24) is 10.3 Å². The quantitative estimate of drug-likeness (QED) is 0.372. The number of hydrogen-bond donors (Lipinski definition) is 3. The fourth-order valence-corrected chi connectivity index (χ4v) is 4.03.